The number of pyridine rings is 2. The SMILES string of the molecule is COc1ccncc1C(=O)Nc1cc(F)c(Oc2ccnc3cc(OCCO)ccc23)c(F)c1. The highest BCUT2D eigenvalue weighted by Gasteiger charge is 2.18. The van der Waals surface area contributed by atoms with E-state index in [1.54, 1.807) is 18.2 Å². The highest BCUT2D eigenvalue weighted by molar-refractivity contribution is 6.06. The second kappa shape index (κ2) is 10.1. The number of aliphatic hydroxyl groups is 1. The number of ether oxygens (including phenoxy) is 3. The second-order valence-corrected chi connectivity index (χ2v) is 6.96. The first-order chi connectivity index (χ1) is 16.5. The molecule has 0 aliphatic carbocycles. The van der Waals surface area contributed by atoms with Crippen molar-refractivity contribution in [3.05, 3.63) is 78.3 Å². The Kier molecular flexibility index (Phi) is 6.79. The average Bonchev–Trinajstić information content (AvgIpc) is 2.84. The van der Waals surface area contributed by atoms with Crippen LogP contribution in [0.25, 0.3) is 10.9 Å². The van der Waals surface area contributed by atoms with E-state index >= 15 is 0 Å². The minimum Gasteiger partial charge on any atom is -0.496 e. The molecule has 2 N–H and O–H groups in total. The summed E-state index contributed by atoms with van der Waals surface area (Å²) in [7, 11) is 1.39. The fourth-order valence-corrected chi connectivity index (χ4v) is 3.21. The second-order valence-electron chi connectivity index (χ2n) is 6.96. The summed E-state index contributed by atoms with van der Waals surface area (Å²) in [4.78, 5) is 20.6. The Labute approximate surface area is 192 Å². The number of methoxy groups -OCH3 is 1. The van der Waals surface area contributed by atoms with E-state index in [9.17, 15) is 13.6 Å². The van der Waals surface area contributed by atoms with Gasteiger partial charge >= 0.3 is 0 Å². The molecule has 2 aromatic carbocycles. The summed E-state index contributed by atoms with van der Waals surface area (Å²) in [6, 6.07) is 9.75. The molecule has 0 saturated heterocycles. The maximum absolute atomic E-state index is 14.8. The number of nitrogens with one attached hydrogen (secondary N) is 1. The number of amides is 1. The minimum absolute atomic E-state index is 0.108. The molecule has 0 fully saturated rings. The Morgan fingerprint density at radius 1 is 1.06 bits per heavy atom. The predicted molar refractivity (Wildman–Crippen MR) is 119 cm³/mol. The van der Waals surface area contributed by atoms with Gasteiger partial charge in [-0.2, -0.15) is 0 Å². The van der Waals surface area contributed by atoms with Crippen LogP contribution in [-0.4, -0.2) is 41.3 Å². The van der Waals surface area contributed by atoms with Gasteiger partial charge in [-0.25, -0.2) is 8.78 Å². The Bertz CT molecular complexity index is 1330. The summed E-state index contributed by atoms with van der Waals surface area (Å²) in [6.07, 6.45) is 4.17. The number of hydrogen-bond donors (Lipinski definition) is 2. The minimum atomic E-state index is -1.01. The molecule has 10 heteroatoms. The van der Waals surface area contributed by atoms with Crippen LogP contribution < -0.4 is 19.5 Å². The molecule has 34 heavy (non-hydrogen) atoms. The number of halogens is 2. The van der Waals surface area contributed by atoms with Crippen molar-refractivity contribution in [1.82, 2.24) is 9.97 Å². The van der Waals surface area contributed by atoms with Crippen molar-refractivity contribution in [2.24, 2.45) is 0 Å². The van der Waals surface area contributed by atoms with Crippen LogP contribution in [0.3, 0.4) is 0 Å². The highest BCUT2D eigenvalue weighted by Crippen LogP contribution is 2.35. The zero-order chi connectivity index (χ0) is 24.1. The molecular weight excluding hydrogens is 448 g/mol. The lowest BCUT2D eigenvalue weighted by molar-refractivity contribution is 0.102. The Morgan fingerprint density at radius 3 is 2.56 bits per heavy atom. The summed E-state index contributed by atoms with van der Waals surface area (Å²) >= 11 is 0. The van der Waals surface area contributed by atoms with Crippen molar-refractivity contribution in [3.8, 4) is 23.0 Å². The molecule has 0 radical (unpaired) electrons. The number of aliphatic hydroxyl groups excluding tert-OH is 1. The molecule has 8 nitrogen and oxygen atoms in total. The third-order valence-corrected chi connectivity index (χ3v) is 4.75. The summed E-state index contributed by atoms with van der Waals surface area (Å²) in [5.41, 5.74) is 0.475. The van der Waals surface area contributed by atoms with Gasteiger partial charge in [-0.15, -0.1) is 0 Å². The number of anilines is 1. The van der Waals surface area contributed by atoms with Gasteiger partial charge in [0.1, 0.15) is 23.9 Å². The number of nitrogens with zero attached hydrogens (tertiary/aromatic N) is 2. The van der Waals surface area contributed by atoms with Gasteiger partial charge in [-0.1, -0.05) is 0 Å². The molecule has 1 amide bonds. The van der Waals surface area contributed by atoms with Crippen molar-refractivity contribution in [2.75, 3.05) is 25.6 Å². The third-order valence-electron chi connectivity index (χ3n) is 4.75. The van der Waals surface area contributed by atoms with Crippen LogP contribution in [0.15, 0.2) is 61.1 Å². The number of carbonyl (C=O) groups is 1. The zero-order valence-electron chi connectivity index (χ0n) is 17.9. The molecule has 0 unspecified atom stereocenters. The van der Waals surface area contributed by atoms with E-state index in [-0.39, 0.29) is 36.0 Å². The predicted octanol–water partition coefficient (Wildman–Crippen LogP) is 4.33. The molecule has 0 atom stereocenters. The van der Waals surface area contributed by atoms with Gasteiger partial charge < -0.3 is 24.6 Å². The maximum atomic E-state index is 14.8. The summed E-state index contributed by atoms with van der Waals surface area (Å²) < 4.78 is 45.6. The van der Waals surface area contributed by atoms with Crippen molar-refractivity contribution >= 4 is 22.5 Å². The van der Waals surface area contributed by atoms with Crippen molar-refractivity contribution in [3.63, 3.8) is 0 Å². The van der Waals surface area contributed by atoms with E-state index in [2.05, 4.69) is 15.3 Å². The zero-order valence-corrected chi connectivity index (χ0v) is 17.9. The fourth-order valence-electron chi connectivity index (χ4n) is 3.21. The van der Waals surface area contributed by atoms with Gasteiger partial charge in [-0.05, 0) is 24.3 Å². The van der Waals surface area contributed by atoms with Crippen LogP contribution in [0.1, 0.15) is 10.4 Å². The number of hydrogen-bond acceptors (Lipinski definition) is 7. The highest BCUT2D eigenvalue weighted by atomic mass is 19.1. The number of rotatable bonds is 8. The van der Waals surface area contributed by atoms with Gasteiger partial charge in [0.15, 0.2) is 17.4 Å². The van der Waals surface area contributed by atoms with Gasteiger partial charge in [-0.3, -0.25) is 14.8 Å². The van der Waals surface area contributed by atoms with Gasteiger partial charge in [0, 0.05) is 47.9 Å². The first-order valence-corrected chi connectivity index (χ1v) is 10.1. The molecule has 174 valence electrons. The molecule has 0 saturated carbocycles. The van der Waals surface area contributed by atoms with Crippen molar-refractivity contribution < 1.29 is 32.9 Å². The number of aromatic nitrogens is 2. The molecule has 0 spiro atoms. The Hall–Kier alpha value is -4.31. The normalized spacial score (nSPS) is 10.7. The summed E-state index contributed by atoms with van der Waals surface area (Å²) in [5, 5.41) is 11.8. The third kappa shape index (κ3) is 4.86. The smallest absolute Gasteiger partial charge is 0.261 e. The summed E-state index contributed by atoms with van der Waals surface area (Å²) in [6.45, 7) is -0.0199. The number of carbonyl (C=O) groups excluding carboxylic acids is 1. The standard InChI is InChI=1S/C24H19F2N3O5/c1-32-21-4-6-27-13-17(21)24(31)29-14-10-18(25)23(19(26)11-14)34-22-5-7-28-20-12-15(33-9-8-30)2-3-16(20)22/h2-7,10-13,30H,8-9H2,1H3,(H,29,31). The van der Waals surface area contributed by atoms with Crippen LogP contribution >= 0.6 is 0 Å². The van der Waals surface area contributed by atoms with E-state index in [1.807, 2.05) is 0 Å². The van der Waals surface area contributed by atoms with Gasteiger partial charge in [0.2, 0.25) is 0 Å². The molecule has 4 rings (SSSR count). The summed E-state index contributed by atoms with van der Waals surface area (Å²) in [5.74, 6) is -2.38. The molecule has 0 aliphatic heterocycles. The Morgan fingerprint density at radius 2 is 1.82 bits per heavy atom. The van der Waals surface area contributed by atoms with Crippen LogP contribution in [0, 0.1) is 11.6 Å². The average molecular weight is 467 g/mol. The number of benzene rings is 2. The molecule has 0 bridgehead atoms. The topological polar surface area (TPSA) is 103 Å². The van der Waals surface area contributed by atoms with Gasteiger partial charge in [0.25, 0.3) is 5.91 Å². The maximum Gasteiger partial charge on any atom is 0.261 e. The van der Waals surface area contributed by atoms with Crippen molar-refractivity contribution in [1.29, 1.82) is 0 Å². The lowest BCUT2D eigenvalue weighted by Crippen LogP contribution is -2.14. The molecular formula is C24H19F2N3O5. The van der Waals surface area contributed by atoms with Crippen LogP contribution in [0.5, 0.6) is 23.0 Å². The molecule has 4 aromatic rings. The van der Waals surface area contributed by atoms with E-state index < -0.39 is 23.3 Å². The molecule has 2 aromatic heterocycles. The van der Waals surface area contributed by atoms with E-state index in [1.165, 1.54) is 37.8 Å². The number of fused-ring (bicyclic) bond motifs is 1. The van der Waals surface area contributed by atoms with Crippen LogP contribution in [0.2, 0.25) is 0 Å². The van der Waals surface area contributed by atoms with Gasteiger partial charge in [0.05, 0.1) is 24.8 Å². The van der Waals surface area contributed by atoms with E-state index in [0.717, 1.165) is 12.1 Å². The lowest BCUT2D eigenvalue weighted by Gasteiger charge is -2.13. The molecule has 2 heterocycles. The van der Waals surface area contributed by atoms with Crippen LogP contribution in [-0.2, 0) is 0 Å². The first kappa shape index (κ1) is 22.9. The largest absolute Gasteiger partial charge is 0.496 e. The first-order valence-electron chi connectivity index (χ1n) is 10.1. The van der Waals surface area contributed by atoms with Crippen LogP contribution in [0.4, 0.5) is 14.5 Å². The van der Waals surface area contributed by atoms with Crippen molar-refractivity contribution in [2.45, 2.75) is 0 Å². The monoisotopic (exact) mass is 467 g/mol. The Balaban J connectivity index is 1.58. The van der Waals surface area contributed by atoms with E-state index in [4.69, 9.17) is 19.3 Å². The quantitative estimate of drug-likeness (QED) is 0.398. The lowest BCUT2D eigenvalue weighted by atomic mass is 10.2. The van der Waals surface area contributed by atoms with E-state index in [0.29, 0.717) is 16.7 Å². The fraction of sp³-hybridized carbons (Fsp3) is 0.125. The molecule has 0 aliphatic rings.